The van der Waals surface area contributed by atoms with Gasteiger partial charge >= 0.3 is 11.8 Å². The van der Waals surface area contributed by atoms with Crippen LogP contribution < -0.4 is 10.6 Å². The third kappa shape index (κ3) is 4.31. The van der Waals surface area contributed by atoms with Crippen LogP contribution in [-0.4, -0.2) is 11.8 Å². The Labute approximate surface area is 116 Å². The quantitative estimate of drug-likeness (QED) is 0.817. The molecule has 0 saturated carbocycles. The summed E-state index contributed by atoms with van der Waals surface area (Å²) in [5.41, 5.74) is 1.27. The van der Waals surface area contributed by atoms with Gasteiger partial charge in [0.15, 0.2) is 0 Å². The molecule has 4 heteroatoms. The molecule has 0 fully saturated rings. The van der Waals surface area contributed by atoms with Gasteiger partial charge in [-0.2, -0.15) is 0 Å². The van der Waals surface area contributed by atoms with E-state index in [0.717, 1.165) is 0 Å². The molecule has 2 aromatic carbocycles. The SMILES string of the molecule is O=C(C#CC(=O)Nc1ccccc1)Nc1ccccc1. The molecular formula is C16H12N2O2. The Bertz CT molecular complexity index is 598. The van der Waals surface area contributed by atoms with Gasteiger partial charge in [-0.15, -0.1) is 0 Å². The van der Waals surface area contributed by atoms with Gasteiger partial charge in [-0.25, -0.2) is 0 Å². The van der Waals surface area contributed by atoms with Crippen molar-refractivity contribution < 1.29 is 9.59 Å². The van der Waals surface area contributed by atoms with Crippen LogP contribution in [0.15, 0.2) is 60.7 Å². The van der Waals surface area contributed by atoms with Gasteiger partial charge in [-0.05, 0) is 24.3 Å². The molecule has 0 saturated heterocycles. The molecule has 0 aliphatic carbocycles. The van der Waals surface area contributed by atoms with E-state index in [2.05, 4.69) is 22.5 Å². The summed E-state index contributed by atoms with van der Waals surface area (Å²) in [5.74, 6) is 3.42. The van der Waals surface area contributed by atoms with E-state index < -0.39 is 11.8 Å². The van der Waals surface area contributed by atoms with Crippen LogP contribution in [-0.2, 0) is 9.59 Å². The number of para-hydroxylation sites is 2. The monoisotopic (exact) mass is 264 g/mol. The van der Waals surface area contributed by atoms with E-state index in [-0.39, 0.29) is 0 Å². The molecule has 0 radical (unpaired) electrons. The van der Waals surface area contributed by atoms with Crippen molar-refractivity contribution >= 4 is 23.2 Å². The summed E-state index contributed by atoms with van der Waals surface area (Å²) in [5, 5.41) is 5.14. The molecule has 0 spiro atoms. The number of anilines is 2. The van der Waals surface area contributed by atoms with Crippen molar-refractivity contribution in [1.29, 1.82) is 0 Å². The second-order valence-corrected chi connectivity index (χ2v) is 3.89. The van der Waals surface area contributed by atoms with Gasteiger partial charge in [0.25, 0.3) is 0 Å². The largest absolute Gasteiger partial charge is 0.315 e. The smallest absolute Gasteiger partial charge is 0.300 e. The van der Waals surface area contributed by atoms with Crippen LogP contribution in [0, 0.1) is 11.8 Å². The summed E-state index contributed by atoms with van der Waals surface area (Å²) in [6.45, 7) is 0. The zero-order valence-corrected chi connectivity index (χ0v) is 10.6. The lowest BCUT2D eigenvalue weighted by Crippen LogP contribution is -2.12. The van der Waals surface area contributed by atoms with Gasteiger partial charge in [0, 0.05) is 23.2 Å². The van der Waals surface area contributed by atoms with Gasteiger partial charge in [0.05, 0.1) is 0 Å². The van der Waals surface area contributed by atoms with Crippen LogP contribution in [0.4, 0.5) is 11.4 Å². The predicted octanol–water partition coefficient (Wildman–Crippen LogP) is 2.27. The van der Waals surface area contributed by atoms with Crippen LogP contribution in [0.5, 0.6) is 0 Å². The van der Waals surface area contributed by atoms with E-state index in [1.807, 2.05) is 12.1 Å². The van der Waals surface area contributed by atoms with Crippen molar-refractivity contribution in [3.05, 3.63) is 60.7 Å². The second-order valence-electron chi connectivity index (χ2n) is 3.89. The number of hydrogen-bond donors (Lipinski definition) is 2. The van der Waals surface area contributed by atoms with E-state index >= 15 is 0 Å². The minimum Gasteiger partial charge on any atom is -0.315 e. The Morgan fingerprint density at radius 2 is 1.00 bits per heavy atom. The number of carbonyl (C=O) groups excluding carboxylic acids is 2. The number of rotatable bonds is 2. The maximum atomic E-state index is 11.5. The van der Waals surface area contributed by atoms with E-state index in [9.17, 15) is 9.59 Å². The van der Waals surface area contributed by atoms with Gasteiger partial charge in [-0.1, -0.05) is 36.4 Å². The molecular weight excluding hydrogens is 252 g/mol. The molecule has 0 aliphatic heterocycles. The molecule has 2 N–H and O–H groups in total. The molecule has 0 bridgehead atoms. The third-order valence-electron chi connectivity index (χ3n) is 2.35. The lowest BCUT2D eigenvalue weighted by molar-refractivity contribution is -0.112. The Balaban J connectivity index is 1.90. The summed E-state index contributed by atoms with van der Waals surface area (Å²) in [6.07, 6.45) is 0. The average molecular weight is 264 g/mol. The Morgan fingerprint density at radius 3 is 1.35 bits per heavy atom. The van der Waals surface area contributed by atoms with E-state index in [1.54, 1.807) is 48.5 Å². The van der Waals surface area contributed by atoms with Crippen LogP contribution in [0.3, 0.4) is 0 Å². The van der Waals surface area contributed by atoms with Crippen molar-refractivity contribution in [3.63, 3.8) is 0 Å². The van der Waals surface area contributed by atoms with E-state index in [1.165, 1.54) is 0 Å². The predicted molar refractivity (Wildman–Crippen MR) is 77.9 cm³/mol. The minimum absolute atomic E-state index is 0.528. The molecule has 2 amide bonds. The first-order valence-electron chi connectivity index (χ1n) is 5.98. The highest BCUT2D eigenvalue weighted by Crippen LogP contribution is 2.05. The van der Waals surface area contributed by atoms with Crippen molar-refractivity contribution in [2.45, 2.75) is 0 Å². The number of amides is 2. The zero-order valence-electron chi connectivity index (χ0n) is 10.6. The van der Waals surface area contributed by atoms with Crippen LogP contribution in [0.25, 0.3) is 0 Å². The first-order chi connectivity index (χ1) is 9.74. The molecule has 98 valence electrons. The van der Waals surface area contributed by atoms with E-state index in [4.69, 9.17) is 0 Å². The highest BCUT2D eigenvalue weighted by molar-refractivity contribution is 6.11. The maximum Gasteiger partial charge on any atom is 0.300 e. The standard InChI is InChI=1S/C16H12N2O2/c19-15(17-13-7-3-1-4-8-13)11-12-16(20)18-14-9-5-2-6-10-14/h1-10H,(H,17,19)(H,18,20). The van der Waals surface area contributed by atoms with Crippen molar-refractivity contribution in [2.24, 2.45) is 0 Å². The molecule has 2 rings (SSSR count). The van der Waals surface area contributed by atoms with Crippen molar-refractivity contribution in [2.75, 3.05) is 10.6 Å². The summed E-state index contributed by atoms with van der Waals surface area (Å²) >= 11 is 0. The molecule has 0 atom stereocenters. The van der Waals surface area contributed by atoms with Crippen LogP contribution in [0.1, 0.15) is 0 Å². The molecule has 20 heavy (non-hydrogen) atoms. The summed E-state index contributed by atoms with van der Waals surface area (Å²) in [7, 11) is 0. The summed E-state index contributed by atoms with van der Waals surface area (Å²) in [4.78, 5) is 23.0. The maximum absolute atomic E-state index is 11.5. The van der Waals surface area contributed by atoms with Gasteiger partial charge in [-0.3, -0.25) is 9.59 Å². The first kappa shape index (κ1) is 13.4. The second kappa shape index (κ2) is 6.76. The number of benzene rings is 2. The first-order valence-corrected chi connectivity index (χ1v) is 5.98. The molecule has 0 aliphatic rings. The Hall–Kier alpha value is -3.06. The van der Waals surface area contributed by atoms with E-state index in [0.29, 0.717) is 11.4 Å². The molecule has 0 aromatic heterocycles. The fraction of sp³-hybridized carbons (Fsp3) is 0. The van der Waals surface area contributed by atoms with Gasteiger partial charge < -0.3 is 10.6 Å². The minimum atomic E-state index is -0.528. The molecule has 2 aromatic rings. The van der Waals surface area contributed by atoms with Gasteiger partial charge in [0.2, 0.25) is 0 Å². The van der Waals surface area contributed by atoms with Crippen molar-refractivity contribution in [3.8, 4) is 11.8 Å². The molecule has 4 nitrogen and oxygen atoms in total. The highest BCUT2D eigenvalue weighted by atomic mass is 16.2. The van der Waals surface area contributed by atoms with Crippen molar-refractivity contribution in [1.82, 2.24) is 0 Å². The topological polar surface area (TPSA) is 58.2 Å². The Morgan fingerprint density at radius 1 is 0.650 bits per heavy atom. The average Bonchev–Trinajstić information content (AvgIpc) is 2.47. The van der Waals surface area contributed by atoms with Crippen LogP contribution >= 0.6 is 0 Å². The third-order valence-corrected chi connectivity index (χ3v) is 2.35. The number of hydrogen-bond acceptors (Lipinski definition) is 2. The summed E-state index contributed by atoms with van der Waals surface area (Å²) in [6, 6.07) is 17.8. The molecule has 0 unspecified atom stereocenters. The molecule has 0 heterocycles. The number of nitrogens with one attached hydrogen (secondary N) is 2. The lowest BCUT2D eigenvalue weighted by atomic mass is 10.3. The fourth-order valence-electron chi connectivity index (χ4n) is 1.48. The summed E-state index contributed by atoms with van der Waals surface area (Å²) < 4.78 is 0. The number of carbonyl (C=O) groups is 2. The fourth-order valence-corrected chi connectivity index (χ4v) is 1.48. The van der Waals surface area contributed by atoms with Gasteiger partial charge in [0.1, 0.15) is 0 Å². The van der Waals surface area contributed by atoms with Crippen LogP contribution in [0.2, 0.25) is 0 Å². The normalized spacial score (nSPS) is 9.00. The zero-order chi connectivity index (χ0) is 14.2. The highest BCUT2D eigenvalue weighted by Gasteiger charge is 1.99. The Kier molecular flexibility index (Phi) is 4.52. The lowest BCUT2D eigenvalue weighted by Gasteiger charge is -1.99.